The number of phenols is 1. The number of methoxy groups -OCH3 is 1. The summed E-state index contributed by atoms with van der Waals surface area (Å²) >= 11 is 0. The quantitative estimate of drug-likeness (QED) is 0.836. The second kappa shape index (κ2) is 6.43. The van der Waals surface area contributed by atoms with Crippen molar-refractivity contribution >= 4 is 12.1 Å². The van der Waals surface area contributed by atoms with Gasteiger partial charge < -0.3 is 19.9 Å². The van der Waals surface area contributed by atoms with Crippen molar-refractivity contribution in [1.82, 2.24) is 5.32 Å². The lowest BCUT2D eigenvalue weighted by Crippen LogP contribution is -2.38. The number of carbonyl (C=O) groups excluding carboxylic acids is 2. The fourth-order valence-electron chi connectivity index (χ4n) is 1.56. The van der Waals surface area contributed by atoms with Gasteiger partial charge in [-0.05, 0) is 32.9 Å². The molecule has 0 spiro atoms. The summed E-state index contributed by atoms with van der Waals surface area (Å²) in [6.45, 7) is 4.96. The predicted octanol–water partition coefficient (Wildman–Crippen LogP) is 2.27. The molecule has 0 bridgehead atoms. The highest BCUT2D eigenvalue weighted by Gasteiger charge is 2.28. The summed E-state index contributed by atoms with van der Waals surface area (Å²) in [5.41, 5.74) is -0.899. The largest absolute Gasteiger partial charge is 0.508 e. The molecule has 1 aromatic rings. The molecule has 0 aliphatic carbocycles. The first kappa shape index (κ1) is 16.7. The summed E-state index contributed by atoms with van der Waals surface area (Å²) in [6.07, 6.45) is -0.884. The number of esters is 1. The highest BCUT2D eigenvalue weighted by atomic mass is 19.1. The van der Waals surface area contributed by atoms with E-state index in [4.69, 9.17) is 4.74 Å². The molecule has 0 aliphatic heterocycles. The molecule has 1 aromatic carbocycles. The number of aromatic hydroxyl groups is 1. The maximum atomic E-state index is 13.8. The van der Waals surface area contributed by atoms with Crippen LogP contribution in [0, 0.1) is 5.82 Å². The number of alkyl carbamates (subject to hydrolysis) is 1. The molecule has 0 aromatic heterocycles. The van der Waals surface area contributed by atoms with Crippen LogP contribution in [0.25, 0.3) is 0 Å². The maximum absolute atomic E-state index is 13.8. The number of hydrogen-bond acceptors (Lipinski definition) is 5. The molecule has 0 radical (unpaired) electrons. The van der Waals surface area contributed by atoms with Crippen LogP contribution in [0.5, 0.6) is 5.75 Å². The Morgan fingerprint density at radius 3 is 2.43 bits per heavy atom. The number of phenolic OH excluding ortho intramolecular Hbond substituents is 1. The van der Waals surface area contributed by atoms with E-state index in [1.807, 2.05) is 0 Å². The van der Waals surface area contributed by atoms with Gasteiger partial charge in [-0.15, -0.1) is 0 Å². The van der Waals surface area contributed by atoms with E-state index >= 15 is 0 Å². The van der Waals surface area contributed by atoms with E-state index in [9.17, 15) is 19.1 Å². The lowest BCUT2D eigenvalue weighted by atomic mass is 10.1. The van der Waals surface area contributed by atoms with Gasteiger partial charge in [-0.3, -0.25) is 0 Å². The molecular weight excluding hydrogens is 281 g/mol. The van der Waals surface area contributed by atoms with E-state index in [-0.39, 0.29) is 11.3 Å². The summed E-state index contributed by atoms with van der Waals surface area (Å²) in [4.78, 5) is 23.5. The molecule has 1 atom stereocenters. The van der Waals surface area contributed by atoms with Gasteiger partial charge in [-0.2, -0.15) is 0 Å². The van der Waals surface area contributed by atoms with Gasteiger partial charge in [0, 0.05) is 11.6 Å². The summed E-state index contributed by atoms with van der Waals surface area (Å²) in [6, 6.07) is 1.85. The molecule has 0 aliphatic rings. The normalized spacial score (nSPS) is 12.4. The first-order valence-corrected chi connectivity index (χ1v) is 6.20. The number of carbonyl (C=O) groups is 2. The second-order valence-electron chi connectivity index (χ2n) is 5.31. The lowest BCUT2D eigenvalue weighted by Gasteiger charge is -2.23. The Labute approximate surface area is 121 Å². The molecule has 0 heterocycles. The second-order valence-corrected chi connectivity index (χ2v) is 5.31. The summed E-state index contributed by atoms with van der Waals surface area (Å²) in [5.74, 6) is -2.00. The molecule has 21 heavy (non-hydrogen) atoms. The summed E-state index contributed by atoms with van der Waals surface area (Å²) < 4.78 is 23.4. The van der Waals surface area contributed by atoms with E-state index in [1.54, 1.807) is 20.8 Å². The van der Waals surface area contributed by atoms with Gasteiger partial charge in [0.05, 0.1) is 7.11 Å². The fourth-order valence-corrected chi connectivity index (χ4v) is 1.56. The number of rotatable bonds is 3. The van der Waals surface area contributed by atoms with Crippen LogP contribution in [-0.4, -0.2) is 29.9 Å². The molecule has 0 fully saturated rings. The zero-order valence-corrected chi connectivity index (χ0v) is 12.3. The Balaban J connectivity index is 3.01. The van der Waals surface area contributed by atoms with E-state index < -0.39 is 29.5 Å². The van der Waals surface area contributed by atoms with Crippen LogP contribution in [0.2, 0.25) is 0 Å². The summed E-state index contributed by atoms with van der Waals surface area (Å²) in [7, 11) is 1.12. The first-order chi connectivity index (χ1) is 9.64. The molecule has 6 nitrogen and oxygen atoms in total. The first-order valence-electron chi connectivity index (χ1n) is 6.20. The molecule has 0 saturated carbocycles. The van der Waals surface area contributed by atoms with Gasteiger partial charge in [0.15, 0.2) is 6.04 Å². The third-order valence-electron chi connectivity index (χ3n) is 2.39. The topological polar surface area (TPSA) is 84.9 Å². The van der Waals surface area contributed by atoms with Crippen LogP contribution in [0.1, 0.15) is 32.4 Å². The Hall–Kier alpha value is -2.31. The van der Waals surface area contributed by atoms with E-state index in [1.165, 1.54) is 12.1 Å². The molecule has 7 heteroatoms. The van der Waals surface area contributed by atoms with Crippen molar-refractivity contribution in [2.24, 2.45) is 0 Å². The average molecular weight is 299 g/mol. The standard InChI is InChI=1S/C14H18FNO5/c1-14(2,3)21-13(19)16-11(12(18)20-4)9-6-5-8(17)7-10(9)15/h5-7,11,17H,1-4H3,(H,16,19)/t11-/m0/s1. The average Bonchev–Trinajstić information content (AvgIpc) is 2.33. The van der Waals surface area contributed by atoms with E-state index in [0.717, 1.165) is 13.2 Å². The highest BCUT2D eigenvalue weighted by Crippen LogP contribution is 2.23. The Bertz CT molecular complexity index is 539. The number of benzene rings is 1. The highest BCUT2D eigenvalue weighted by molar-refractivity contribution is 5.82. The molecule has 0 unspecified atom stereocenters. The molecule has 0 saturated heterocycles. The smallest absolute Gasteiger partial charge is 0.408 e. The Kier molecular flexibility index (Phi) is 5.12. The minimum absolute atomic E-state index is 0.134. The monoisotopic (exact) mass is 299 g/mol. The van der Waals surface area contributed by atoms with Crippen molar-refractivity contribution in [3.63, 3.8) is 0 Å². The number of ether oxygens (including phenoxy) is 2. The number of halogens is 1. The molecular formula is C14H18FNO5. The number of hydrogen-bond donors (Lipinski definition) is 2. The van der Waals surface area contributed by atoms with Gasteiger partial charge >= 0.3 is 12.1 Å². The number of nitrogens with one attached hydrogen (secondary N) is 1. The molecule has 116 valence electrons. The lowest BCUT2D eigenvalue weighted by molar-refractivity contribution is -0.143. The van der Waals surface area contributed by atoms with E-state index in [0.29, 0.717) is 0 Å². The van der Waals surface area contributed by atoms with Gasteiger partial charge in [-0.1, -0.05) is 0 Å². The van der Waals surface area contributed by atoms with Crippen molar-refractivity contribution < 1.29 is 28.6 Å². The predicted molar refractivity (Wildman–Crippen MR) is 72.2 cm³/mol. The van der Waals surface area contributed by atoms with Gasteiger partial charge in [-0.25, -0.2) is 14.0 Å². The number of amides is 1. The van der Waals surface area contributed by atoms with Gasteiger partial charge in [0.25, 0.3) is 0 Å². The van der Waals surface area contributed by atoms with Gasteiger partial charge in [0.2, 0.25) is 0 Å². The third kappa shape index (κ3) is 4.94. The Morgan fingerprint density at radius 1 is 1.33 bits per heavy atom. The summed E-state index contributed by atoms with van der Waals surface area (Å²) in [5, 5.41) is 11.4. The van der Waals surface area contributed by atoms with Crippen LogP contribution in [0.15, 0.2) is 18.2 Å². The minimum Gasteiger partial charge on any atom is -0.508 e. The van der Waals surface area contributed by atoms with Crippen molar-refractivity contribution in [3.8, 4) is 5.75 Å². The molecule has 1 amide bonds. The van der Waals surface area contributed by atoms with E-state index in [2.05, 4.69) is 10.1 Å². The molecule has 2 N–H and O–H groups in total. The third-order valence-corrected chi connectivity index (χ3v) is 2.39. The SMILES string of the molecule is COC(=O)[C@@H](NC(=O)OC(C)(C)C)c1ccc(O)cc1F. The van der Waals surface area contributed by atoms with Crippen LogP contribution in [-0.2, 0) is 14.3 Å². The van der Waals surface area contributed by atoms with Crippen LogP contribution < -0.4 is 5.32 Å². The van der Waals surface area contributed by atoms with Crippen molar-refractivity contribution in [2.45, 2.75) is 32.4 Å². The molecule has 1 rings (SSSR count). The van der Waals surface area contributed by atoms with Crippen LogP contribution in [0.4, 0.5) is 9.18 Å². The van der Waals surface area contributed by atoms with Crippen LogP contribution >= 0.6 is 0 Å². The van der Waals surface area contributed by atoms with Crippen molar-refractivity contribution in [1.29, 1.82) is 0 Å². The fraction of sp³-hybridized carbons (Fsp3) is 0.429. The maximum Gasteiger partial charge on any atom is 0.408 e. The Morgan fingerprint density at radius 2 is 1.95 bits per heavy atom. The van der Waals surface area contributed by atoms with Gasteiger partial charge in [0.1, 0.15) is 17.2 Å². The minimum atomic E-state index is -1.37. The van der Waals surface area contributed by atoms with Crippen molar-refractivity contribution in [2.75, 3.05) is 7.11 Å². The zero-order valence-electron chi connectivity index (χ0n) is 12.3. The van der Waals surface area contributed by atoms with Crippen LogP contribution in [0.3, 0.4) is 0 Å². The zero-order chi connectivity index (χ0) is 16.2. The van der Waals surface area contributed by atoms with Crippen molar-refractivity contribution in [3.05, 3.63) is 29.6 Å².